The Bertz CT molecular complexity index is 823. The summed E-state index contributed by atoms with van der Waals surface area (Å²) in [5.41, 5.74) is 1.37. The highest BCUT2D eigenvalue weighted by molar-refractivity contribution is 6.17. The number of Topliss-reactive ketones (excluding diaryl/α,β-unsaturated/α-hetero) is 2. The van der Waals surface area contributed by atoms with Crippen LogP contribution >= 0.6 is 0 Å². The number of ether oxygens (including phenoxy) is 1. The Hall–Kier alpha value is -2.73. The maximum atomic E-state index is 13.1. The summed E-state index contributed by atoms with van der Waals surface area (Å²) < 4.78 is 5.30. The molecule has 0 aliphatic heterocycles. The number of nitrogens with zero attached hydrogens (tertiary/aromatic N) is 1. The monoisotopic (exact) mass is 354 g/mol. The number of allylic oxidation sites excluding steroid dienone is 3. The van der Waals surface area contributed by atoms with Gasteiger partial charge in [-0.2, -0.15) is 0 Å². The fourth-order valence-corrected chi connectivity index (χ4v) is 3.37. The fourth-order valence-electron chi connectivity index (χ4n) is 3.37. The SMILES string of the molecule is CC(=O)OC1=C(NCCN(C)C)C2C(=O)c3ccccc3C(=O)C2C=C1. The molecule has 26 heavy (non-hydrogen) atoms. The minimum Gasteiger partial charge on any atom is -0.425 e. The molecule has 0 amide bonds. The number of likely N-dealkylation sites (N-methyl/N-ethyl adjacent to an activating group) is 1. The second-order valence-electron chi connectivity index (χ2n) is 6.74. The summed E-state index contributed by atoms with van der Waals surface area (Å²) in [5.74, 6) is -1.66. The summed E-state index contributed by atoms with van der Waals surface area (Å²) in [6.07, 6.45) is 3.27. The zero-order chi connectivity index (χ0) is 18.8. The number of nitrogens with one attached hydrogen (secondary N) is 1. The highest BCUT2D eigenvalue weighted by atomic mass is 16.5. The third kappa shape index (κ3) is 3.32. The number of carbonyl (C=O) groups is 3. The molecule has 0 fully saturated rings. The van der Waals surface area contributed by atoms with Crippen LogP contribution in [0.2, 0.25) is 0 Å². The predicted molar refractivity (Wildman–Crippen MR) is 96.6 cm³/mol. The van der Waals surface area contributed by atoms with E-state index in [2.05, 4.69) is 5.32 Å². The number of ketones is 2. The number of rotatable bonds is 5. The van der Waals surface area contributed by atoms with Crippen molar-refractivity contribution >= 4 is 17.5 Å². The van der Waals surface area contributed by atoms with E-state index < -0.39 is 17.8 Å². The van der Waals surface area contributed by atoms with Crippen molar-refractivity contribution in [3.05, 3.63) is 59.0 Å². The Kier molecular flexibility index (Phi) is 5.04. The first kappa shape index (κ1) is 18.1. The van der Waals surface area contributed by atoms with Crippen molar-refractivity contribution in [2.45, 2.75) is 6.92 Å². The van der Waals surface area contributed by atoms with E-state index in [4.69, 9.17) is 4.74 Å². The van der Waals surface area contributed by atoms with Crippen LogP contribution in [0.15, 0.2) is 47.9 Å². The lowest BCUT2D eigenvalue weighted by Crippen LogP contribution is -2.43. The number of carbonyl (C=O) groups excluding carboxylic acids is 3. The third-order valence-corrected chi connectivity index (χ3v) is 4.56. The molecule has 6 nitrogen and oxygen atoms in total. The molecule has 2 aliphatic rings. The maximum absolute atomic E-state index is 13.1. The van der Waals surface area contributed by atoms with Crippen LogP contribution in [0.5, 0.6) is 0 Å². The first-order valence-electron chi connectivity index (χ1n) is 8.57. The Morgan fingerprint density at radius 2 is 1.81 bits per heavy atom. The van der Waals surface area contributed by atoms with Gasteiger partial charge in [-0.1, -0.05) is 30.3 Å². The Morgan fingerprint density at radius 3 is 2.42 bits per heavy atom. The Morgan fingerprint density at radius 1 is 1.15 bits per heavy atom. The molecule has 0 radical (unpaired) electrons. The van der Waals surface area contributed by atoms with E-state index in [9.17, 15) is 14.4 Å². The Labute approximate surface area is 152 Å². The molecule has 0 heterocycles. The summed E-state index contributed by atoms with van der Waals surface area (Å²) in [6, 6.07) is 6.86. The molecule has 136 valence electrons. The van der Waals surface area contributed by atoms with Crippen LogP contribution in [-0.4, -0.2) is 49.6 Å². The molecule has 2 unspecified atom stereocenters. The first-order valence-corrected chi connectivity index (χ1v) is 8.57. The molecule has 0 saturated heterocycles. The first-order chi connectivity index (χ1) is 12.4. The molecule has 1 N–H and O–H groups in total. The Balaban J connectivity index is 2.02. The second-order valence-corrected chi connectivity index (χ2v) is 6.74. The third-order valence-electron chi connectivity index (χ3n) is 4.56. The molecular weight excluding hydrogens is 332 g/mol. The van der Waals surface area contributed by atoms with Gasteiger partial charge in [-0.05, 0) is 20.2 Å². The van der Waals surface area contributed by atoms with Crippen molar-refractivity contribution in [3.8, 4) is 0 Å². The van der Waals surface area contributed by atoms with E-state index in [1.807, 2.05) is 19.0 Å². The highest BCUT2D eigenvalue weighted by Crippen LogP contribution is 2.38. The molecule has 2 aliphatic carbocycles. The molecule has 0 spiro atoms. The van der Waals surface area contributed by atoms with Crippen LogP contribution < -0.4 is 5.32 Å². The summed E-state index contributed by atoms with van der Waals surface area (Å²) in [4.78, 5) is 39.5. The average Bonchev–Trinajstić information content (AvgIpc) is 2.60. The highest BCUT2D eigenvalue weighted by Gasteiger charge is 2.44. The summed E-state index contributed by atoms with van der Waals surface area (Å²) >= 11 is 0. The quantitative estimate of drug-likeness (QED) is 0.813. The summed E-state index contributed by atoms with van der Waals surface area (Å²) in [7, 11) is 3.89. The van der Waals surface area contributed by atoms with Gasteiger partial charge in [0.2, 0.25) is 0 Å². The van der Waals surface area contributed by atoms with Gasteiger partial charge in [0, 0.05) is 31.1 Å². The van der Waals surface area contributed by atoms with Gasteiger partial charge < -0.3 is 15.0 Å². The zero-order valence-electron chi connectivity index (χ0n) is 15.1. The standard InChI is InChI=1S/C20H22N2O4/c1-12(23)26-16-9-8-15-17(18(16)21-10-11-22(2)3)20(25)14-7-5-4-6-13(14)19(15)24/h4-9,15,17,21H,10-11H2,1-3H3. The van der Waals surface area contributed by atoms with Gasteiger partial charge in [-0.15, -0.1) is 0 Å². The van der Waals surface area contributed by atoms with Crippen molar-refractivity contribution in [3.63, 3.8) is 0 Å². The zero-order valence-corrected chi connectivity index (χ0v) is 15.1. The van der Waals surface area contributed by atoms with Crippen LogP contribution in [0.25, 0.3) is 0 Å². The molecule has 0 bridgehead atoms. The lowest BCUT2D eigenvalue weighted by atomic mass is 9.70. The van der Waals surface area contributed by atoms with Crippen molar-refractivity contribution in [1.82, 2.24) is 10.2 Å². The van der Waals surface area contributed by atoms with Crippen LogP contribution in [0.1, 0.15) is 27.6 Å². The lowest BCUT2D eigenvalue weighted by molar-refractivity contribution is -0.136. The summed E-state index contributed by atoms with van der Waals surface area (Å²) in [6.45, 7) is 2.61. The van der Waals surface area contributed by atoms with E-state index >= 15 is 0 Å². The molecule has 1 aromatic rings. The molecule has 6 heteroatoms. The average molecular weight is 354 g/mol. The topological polar surface area (TPSA) is 75.7 Å². The van der Waals surface area contributed by atoms with E-state index in [1.165, 1.54) is 6.92 Å². The van der Waals surface area contributed by atoms with Gasteiger partial charge in [0.05, 0.1) is 17.5 Å². The van der Waals surface area contributed by atoms with Gasteiger partial charge in [0.25, 0.3) is 0 Å². The van der Waals surface area contributed by atoms with E-state index in [0.717, 1.165) is 6.54 Å². The van der Waals surface area contributed by atoms with E-state index in [1.54, 1.807) is 36.4 Å². The van der Waals surface area contributed by atoms with Crippen LogP contribution in [0.4, 0.5) is 0 Å². The van der Waals surface area contributed by atoms with Crippen LogP contribution in [0, 0.1) is 11.8 Å². The second kappa shape index (κ2) is 7.25. The predicted octanol–water partition coefficient (Wildman–Crippen LogP) is 1.79. The van der Waals surface area contributed by atoms with E-state index in [-0.39, 0.29) is 11.6 Å². The minimum atomic E-state index is -0.695. The number of hydrogen-bond acceptors (Lipinski definition) is 6. The molecular formula is C20H22N2O4. The molecule has 0 aromatic heterocycles. The number of benzene rings is 1. The van der Waals surface area contributed by atoms with E-state index in [0.29, 0.717) is 29.1 Å². The van der Waals surface area contributed by atoms with Gasteiger partial charge in [-0.3, -0.25) is 14.4 Å². The van der Waals surface area contributed by atoms with Crippen molar-refractivity contribution in [2.24, 2.45) is 11.8 Å². The van der Waals surface area contributed by atoms with Crippen LogP contribution in [0.3, 0.4) is 0 Å². The maximum Gasteiger partial charge on any atom is 0.308 e. The molecule has 3 rings (SSSR count). The number of fused-ring (bicyclic) bond motifs is 2. The smallest absolute Gasteiger partial charge is 0.308 e. The van der Waals surface area contributed by atoms with Crippen molar-refractivity contribution in [1.29, 1.82) is 0 Å². The normalized spacial score (nSPS) is 21.5. The molecule has 2 atom stereocenters. The largest absolute Gasteiger partial charge is 0.425 e. The molecule has 1 aromatic carbocycles. The van der Waals surface area contributed by atoms with Gasteiger partial charge in [-0.25, -0.2) is 0 Å². The number of esters is 1. The fraction of sp³-hybridized carbons (Fsp3) is 0.350. The van der Waals surface area contributed by atoms with Crippen LogP contribution in [-0.2, 0) is 9.53 Å². The number of hydrogen-bond donors (Lipinski definition) is 1. The van der Waals surface area contributed by atoms with Gasteiger partial charge >= 0.3 is 5.97 Å². The minimum absolute atomic E-state index is 0.0877. The molecule has 0 saturated carbocycles. The summed E-state index contributed by atoms with van der Waals surface area (Å²) in [5, 5.41) is 3.23. The van der Waals surface area contributed by atoms with Gasteiger partial charge in [0.1, 0.15) is 5.76 Å². The van der Waals surface area contributed by atoms with Crippen molar-refractivity contribution in [2.75, 3.05) is 27.2 Å². The van der Waals surface area contributed by atoms with Gasteiger partial charge in [0.15, 0.2) is 11.6 Å². The van der Waals surface area contributed by atoms with Crippen molar-refractivity contribution < 1.29 is 19.1 Å². The lowest BCUT2D eigenvalue weighted by Gasteiger charge is -2.34.